The Labute approximate surface area is 141 Å². The second kappa shape index (κ2) is 8.72. The van der Waals surface area contributed by atoms with E-state index in [1.807, 2.05) is 38.1 Å². The topological polar surface area (TPSA) is 64.6 Å². The number of ether oxygens (including phenoxy) is 2. The van der Waals surface area contributed by atoms with Crippen molar-refractivity contribution >= 4 is 11.9 Å². The van der Waals surface area contributed by atoms with Crippen LogP contribution in [0, 0.1) is 6.92 Å². The Kier molecular flexibility index (Phi) is 6.37. The molecule has 0 aliphatic carbocycles. The molecule has 24 heavy (non-hydrogen) atoms. The van der Waals surface area contributed by atoms with Gasteiger partial charge in [0.05, 0.1) is 6.61 Å². The fourth-order valence-electron chi connectivity index (χ4n) is 2.11. The fourth-order valence-corrected chi connectivity index (χ4v) is 2.11. The van der Waals surface area contributed by atoms with Gasteiger partial charge < -0.3 is 14.8 Å². The van der Waals surface area contributed by atoms with Crippen LogP contribution in [0.5, 0.6) is 5.75 Å². The average Bonchev–Trinajstić information content (AvgIpc) is 2.60. The van der Waals surface area contributed by atoms with E-state index >= 15 is 0 Å². The minimum atomic E-state index is -0.475. The predicted octanol–water partition coefficient (Wildman–Crippen LogP) is 2.87. The molecule has 0 radical (unpaired) electrons. The van der Waals surface area contributed by atoms with Gasteiger partial charge in [-0.25, -0.2) is 0 Å². The number of benzene rings is 2. The predicted molar refractivity (Wildman–Crippen MR) is 90.9 cm³/mol. The Balaban J connectivity index is 1.78. The van der Waals surface area contributed by atoms with E-state index < -0.39 is 5.97 Å². The second-order valence-electron chi connectivity index (χ2n) is 5.23. The number of rotatable bonds is 7. The first-order valence-electron chi connectivity index (χ1n) is 7.81. The zero-order chi connectivity index (χ0) is 17.4. The number of amides is 1. The van der Waals surface area contributed by atoms with Crippen molar-refractivity contribution in [1.29, 1.82) is 0 Å². The first-order chi connectivity index (χ1) is 11.6. The molecule has 0 unspecified atom stereocenters. The lowest BCUT2D eigenvalue weighted by molar-refractivity contribution is -0.143. The van der Waals surface area contributed by atoms with Crippen molar-refractivity contribution in [3.8, 4) is 5.75 Å². The van der Waals surface area contributed by atoms with Crippen molar-refractivity contribution in [2.75, 3.05) is 13.2 Å². The molecular formula is C19H21NO4. The maximum absolute atomic E-state index is 12.0. The maximum Gasteiger partial charge on any atom is 0.325 e. The highest BCUT2D eigenvalue weighted by molar-refractivity contribution is 5.96. The summed E-state index contributed by atoms with van der Waals surface area (Å²) in [4.78, 5) is 23.7. The lowest BCUT2D eigenvalue weighted by Crippen LogP contribution is -2.30. The van der Waals surface area contributed by atoms with Crippen LogP contribution < -0.4 is 10.1 Å². The molecule has 5 nitrogen and oxygen atoms in total. The number of aryl methyl sites for hydroxylation is 1. The largest absolute Gasteiger partial charge is 0.494 e. The van der Waals surface area contributed by atoms with Crippen LogP contribution in [-0.2, 0) is 16.1 Å². The van der Waals surface area contributed by atoms with E-state index in [-0.39, 0.29) is 19.1 Å². The van der Waals surface area contributed by atoms with Crippen molar-refractivity contribution in [3.05, 3.63) is 65.2 Å². The Morgan fingerprint density at radius 3 is 2.42 bits per heavy atom. The molecule has 0 spiro atoms. The number of hydrogen-bond donors (Lipinski definition) is 1. The van der Waals surface area contributed by atoms with Gasteiger partial charge in [0.25, 0.3) is 5.91 Å². The Bertz CT molecular complexity index is 695. The van der Waals surface area contributed by atoms with Crippen LogP contribution in [0.1, 0.15) is 28.4 Å². The van der Waals surface area contributed by atoms with Gasteiger partial charge in [0.15, 0.2) is 0 Å². The molecule has 1 amide bonds. The van der Waals surface area contributed by atoms with E-state index in [0.29, 0.717) is 17.9 Å². The molecule has 1 N–H and O–H groups in total. The molecule has 0 aliphatic heterocycles. The van der Waals surface area contributed by atoms with E-state index in [4.69, 9.17) is 9.47 Å². The summed E-state index contributed by atoms with van der Waals surface area (Å²) in [6.07, 6.45) is 0. The minimum absolute atomic E-state index is 0.169. The number of esters is 1. The summed E-state index contributed by atoms with van der Waals surface area (Å²) in [6, 6.07) is 14.4. The second-order valence-corrected chi connectivity index (χ2v) is 5.23. The first-order valence-corrected chi connectivity index (χ1v) is 7.81. The number of nitrogens with one attached hydrogen (secondary N) is 1. The molecular weight excluding hydrogens is 306 g/mol. The van der Waals surface area contributed by atoms with E-state index in [9.17, 15) is 9.59 Å². The molecule has 5 heteroatoms. The molecule has 0 fully saturated rings. The summed E-state index contributed by atoms with van der Waals surface area (Å²) in [5.41, 5.74) is 2.47. The highest BCUT2D eigenvalue weighted by Crippen LogP contribution is 2.12. The highest BCUT2D eigenvalue weighted by atomic mass is 16.5. The van der Waals surface area contributed by atoms with Crippen LogP contribution in [0.15, 0.2) is 48.5 Å². The number of carbonyl (C=O) groups is 2. The third-order valence-corrected chi connectivity index (χ3v) is 3.47. The van der Waals surface area contributed by atoms with Crippen molar-refractivity contribution in [1.82, 2.24) is 5.32 Å². The van der Waals surface area contributed by atoms with Crippen LogP contribution in [0.4, 0.5) is 0 Å². The van der Waals surface area contributed by atoms with Crippen LogP contribution in [0.3, 0.4) is 0 Å². The molecule has 0 bridgehead atoms. The summed E-state index contributed by atoms with van der Waals surface area (Å²) < 4.78 is 10.5. The van der Waals surface area contributed by atoms with Gasteiger partial charge in [-0.2, -0.15) is 0 Å². The fraction of sp³-hybridized carbons (Fsp3) is 0.263. The third-order valence-electron chi connectivity index (χ3n) is 3.47. The quantitative estimate of drug-likeness (QED) is 0.794. The molecule has 2 rings (SSSR count). The van der Waals surface area contributed by atoms with Crippen molar-refractivity contribution in [2.24, 2.45) is 0 Å². The standard InChI is InChI=1S/C19H21NO4/c1-3-23-17-10-8-15(9-11-17)19(22)20-12-18(21)24-13-16-7-5-4-6-14(16)2/h4-11H,3,12-13H2,1-2H3,(H,20,22). The first kappa shape index (κ1) is 17.5. The molecule has 0 aliphatic rings. The third kappa shape index (κ3) is 5.12. The van der Waals surface area contributed by atoms with Crippen molar-refractivity contribution < 1.29 is 19.1 Å². The zero-order valence-corrected chi connectivity index (χ0v) is 13.9. The molecule has 0 saturated carbocycles. The zero-order valence-electron chi connectivity index (χ0n) is 13.9. The van der Waals surface area contributed by atoms with Crippen molar-refractivity contribution in [3.63, 3.8) is 0 Å². The molecule has 0 saturated heterocycles. The molecule has 2 aromatic carbocycles. The van der Waals surface area contributed by atoms with Gasteiger partial charge in [0.1, 0.15) is 18.9 Å². The minimum Gasteiger partial charge on any atom is -0.494 e. The lowest BCUT2D eigenvalue weighted by atomic mass is 10.1. The monoisotopic (exact) mass is 327 g/mol. The Hall–Kier alpha value is -2.82. The number of hydrogen-bond acceptors (Lipinski definition) is 4. The van der Waals surface area contributed by atoms with Crippen LogP contribution >= 0.6 is 0 Å². The summed E-state index contributed by atoms with van der Waals surface area (Å²) in [6.45, 7) is 4.45. The van der Waals surface area contributed by atoms with E-state index in [1.165, 1.54) is 0 Å². The van der Waals surface area contributed by atoms with Gasteiger partial charge in [-0.05, 0) is 49.2 Å². The SMILES string of the molecule is CCOc1ccc(C(=O)NCC(=O)OCc2ccccc2C)cc1. The summed E-state index contributed by atoms with van der Waals surface area (Å²) in [7, 11) is 0. The van der Waals surface area contributed by atoms with E-state index in [0.717, 1.165) is 11.1 Å². The lowest BCUT2D eigenvalue weighted by Gasteiger charge is -2.09. The van der Waals surface area contributed by atoms with Gasteiger partial charge in [-0.15, -0.1) is 0 Å². The molecule has 0 heterocycles. The van der Waals surface area contributed by atoms with Gasteiger partial charge in [-0.3, -0.25) is 9.59 Å². The number of carbonyl (C=O) groups excluding carboxylic acids is 2. The van der Waals surface area contributed by atoms with Crippen molar-refractivity contribution in [2.45, 2.75) is 20.5 Å². The Morgan fingerprint density at radius 2 is 1.75 bits per heavy atom. The Morgan fingerprint density at radius 1 is 1.04 bits per heavy atom. The summed E-state index contributed by atoms with van der Waals surface area (Å²) >= 11 is 0. The van der Waals surface area contributed by atoms with E-state index in [1.54, 1.807) is 24.3 Å². The van der Waals surface area contributed by atoms with E-state index in [2.05, 4.69) is 5.32 Å². The van der Waals surface area contributed by atoms with Gasteiger partial charge in [-0.1, -0.05) is 24.3 Å². The normalized spacial score (nSPS) is 10.1. The van der Waals surface area contributed by atoms with Gasteiger partial charge >= 0.3 is 5.97 Å². The van der Waals surface area contributed by atoms with Gasteiger partial charge in [0, 0.05) is 5.56 Å². The molecule has 2 aromatic rings. The summed E-state index contributed by atoms with van der Waals surface area (Å²) in [5.74, 6) is -0.102. The molecule has 0 atom stereocenters. The van der Waals surface area contributed by atoms with Gasteiger partial charge in [0.2, 0.25) is 0 Å². The van der Waals surface area contributed by atoms with Crippen LogP contribution in [0.25, 0.3) is 0 Å². The maximum atomic E-state index is 12.0. The van der Waals surface area contributed by atoms with Crippen LogP contribution in [0.2, 0.25) is 0 Å². The average molecular weight is 327 g/mol. The molecule has 126 valence electrons. The summed E-state index contributed by atoms with van der Waals surface area (Å²) in [5, 5.41) is 2.55. The highest BCUT2D eigenvalue weighted by Gasteiger charge is 2.09. The van der Waals surface area contributed by atoms with Crippen LogP contribution in [-0.4, -0.2) is 25.0 Å². The molecule has 0 aromatic heterocycles. The smallest absolute Gasteiger partial charge is 0.325 e.